The van der Waals surface area contributed by atoms with Gasteiger partial charge in [0.05, 0.1) is 26.4 Å². The zero-order valence-electron chi connectivity index (χ0n) is 16.4. The van der Waals surface area contributed by atoms with Crippen molar-refractivity contribution >= 4 is 37.8 Å². The topological polar surface area (TPSA) is 83.1 Å². The zero-order chi connectivity index (χ0) is 20.3. The molecule has 0 saturated carbocycles. The molecule has 0 aliphatic heterocycles. The number of hydrogen-bond donors (Lipinski definition) is 1. The molecule has 0 bridgehead atoms. The van der Waals surface area contributed by atoms with Gasteiger partial charge in [-0.3, -0.25) is 14.4 Å². The van der Waals surface area contributed by atoms with Crippen LogP contribution >= 0.6 is 37.8 Å². The van der Waals surface area contributed by atoms with Gasteiger partial charge in [0.25, 0.3) is 0 Å². The van der Waals surface area contributed by atoms with Gasteiger partial charge in [0.15, 0.2) is 0 Å². The maximum atomic E-state index is 13.4. The Morgan fingerprint density at radius 2 is 1.41 bits per heavy atom. The molecule has 0 aliphatic carbocycles. The van der Waals surface area contributed by atoms with Gasteiger partial charge in [-0.2, -0.15) is 0 Å². The molecule has 1 aromatic carbocycles. The molecule has 7 nitrogen and oxygen atoms in total. The molecular weight excluding hydrogens is 503 g/mol. The standard InChI is InChI=1S/C17H30INO6P2/c1-5-22-26(20,23-6-2)17(27(21,24-7-3)25-8-4)19-13-12-15-10-9-11-16(18)14-15/h9-11,14,17,19H,5-8,12-13H2,1-4H3. The predicted octanol–water partition coefficient (Wildman–Crippen LogP) is 5.24. The predicted molar refractivity (Wildman–Crippen MR) is 116 cm³/mol. The van der Waals surface area contributed by atoms with Crippen molar-refractivity contribution in [2.75, 3.05) is 33.0 Å². The summed E-state index contributed by atoms with van der Waals surface area (Å²) in [6.45, 7) is 7.88. The van der Waals surface area contributed by atoms with Crippen LogP contribution < -0.4 is 5.32 Å². The SMILES string of the molecule is CCOP(=O)(OCC)C(NCCc1cccc(I)c1)P(=O)(OCC)OCC. The Balaban J connectivity index is 3.07. The average molecular weight is 533 g/mol. The lowest BCUT2D eigenvalue weighted by molar-refractivity contribution is 0.190. The van der Waals surface area contributed by atoms with Gasteiger partial charge >= 0.3 is 15.2 Å². The van der Waals surface area contributed by atoms with Gasteiger partial charge in [0.2, 0.25) is 5.52 Å². The molecule has 156 valence electrons. The Bertz CT molecular complexity index is 610. The van der Waals surface area contributed by atoms with Crippen LogP contribution in [0.3, 0.4) is 0 Å². The van der Waals surface area contributed by atoms with Crippen LogP contribution in [0.2, 0.25) is 0 Å². The van der Waals surface area contributed by atoms with Crippen LogP contribution in [-0.2, 0) is 33.6 Å². The van der Waals surface area contributed by atoms with Crippen molar-refractivity contribution in [1.82, 2.24) is 5.32 Å². The van der Waals surface area contributed by atoms with Gasteiger partial charge in [0, 0.05) is 10.1 Å². The third kappa shape index (κ3) is 7.86. The Hall–Kier alpha value is 0.210. The molecule has 0 unspecified atom stereocenters. The molecule has 1 aromatic rings. The van der Waals surface area contributed by atoms with E-state index in [1.165, 1.54) is 0 Å². The number of halogens is 1. The van der Waals surface area contributed by atoms with Crippen LogP contribution in [0.1, 0.15) is 33.3 Å². The van der Waals surface area contributed by atoms with Gasteiger partial charge < -0.3 is 18.1 Å². The second-order valence-electron chi connectivity index (χ2n) is 5.46. The van der Waals surface area contributed by atoms with Crippen molar-refractivity contribution in [1.29, 1.82) is 0 Å². The number of benzene rings is 1. The van der Waals surface area contributed by atoms with Crippen LogP contribution in [0.5, 0.6) is 0 Å². The monoisotopic (exact) mass is 533 g/mol. The van der Waals surface area contributed by atoms with E-state index in [4.69, 9.17) is 18.1 Å². The summed E-state index contributed by atoms with van der Waals surface area (Å²) in [7, 11) is -7.53. The fourth-order valence-corrected chi connectivity index (χ4v) is 8.16. The normalized spacial score (nSPS) is 12.7. The van der Waals surface area contributed by atoms with Gasteiger partial charge in [-0.05, 0) is 74.4 Å². The second-order valence-corrected chi connectivity index (χ2v) is 11.3. The first-order chi connectivity index (χ1) is 12.8. The first-order valence-electron chi connectivity index (χ1n) is 9.10. The van der Waals surface area contributed by atoms with E-state index in [1.54, 1.807) is 27.7 Å². The fourth-order valence-electron chi connectivity index (χ4n) is 2.51. The van der Waals surface area contributed by atoms with E-state index < -0.39 is 20.7 Å². The van der Waals surface area contributed by atoms with Crippen molar-refractivity contribution in [2.45, 2.75) is 39.6 Å². The van der Waals surface area contributed by atoms with Crippen molar-refractivity contribution < 1.29 is 27.2 Å². The summed E-state index contributed by atoms with van der Waals surface area (Å²) in [4.78, 5) is 0. The number of rotatable bonds is 14. The summed E-state index contributed by atoms with van der Waals surface area (Å²) < 4.78 is 49.6. The lowest BCUT2D eigenvalue weighted by atomic mass is 10.1. The van der Waals surface area contributed by atoms with Crippen molar-refractivity contribution in [2.24, 2.45) is 0 Å². The minimum absolute atomic E-state index is 0.157. The summed E-state index contributed by atoms with van der Waals surface area (Å²) >= 11 is 2.25. The van der Waals surface area contributed by atoms with Crippen molar-refractivity contribution in [3.05, 3.63) is 33.4 Å². The molecule has 0 spiro atoms. The quantitative estimate of drug-likeness (QED) is 0.259. The second kappa shape index (κ2) is 12.7. The highest BCUT2D eigenvalue weighted by atomic mass is 127. The summed E-state index contributed by atoms with van der Waals surface area (Å²) in [6, 6.07) is 8.06. The molecule has 0 aromatic heterocycles. The minimum Gasteiger partial charge on any atom is -0.307 e. The molecule has 0 fully saturated rings. The summed E-state index contributed by atoms with van der Waals surface area (Å²) in [5.41, 5.74) is -0.0777. The molecule has 1 N–H and O–H groups in total. The summed E-state index contributed by atoms with van der Waals surface area (Å²) in [5.74, 6) is 0. The molecule has 0 saturated heterocycles. The molecular formula is C17H30INO6P2. The van der Waals surface area contributed by atoms with E-state index in [2.05, 4.69) is 34.0 Å². The Kier molecular flexibility index (Phi) is 11.9. The maximum absolute atomic E-state index is 13.4. The third-order valence-electron chi connectivity index (χ3n) is 3.46. The van der Waals surface area contributed by atoms with Crippen LogP contribution in [0.4, 0.5) is 0 Å². The molecule has 10 heteroatoms. The highest BCUT2D eigenvalue weighted by Gasteiger charge is 2.50. The van der Waals surface area contributed by atoms with Crippen LogP contribution in [-0.4, -0.2) is 38.5 Å². The van der Waals surface area contributed by atoms with Crippen molar-refractivity contribution in [3.63, 3.8) is 0 Å². The fraction of sp³-hybridized carbons (Fsp3) is 0.647. The lowest BCUT2D eigenvalue weighted by Gasteiger charge is -2.31. The first kappa shape index (κ1) is 25.2. The molecule has 0 amide bonds. The summed E-state index contributed by atoms with van der Waals surface area (Å²) in [5, 5.41) is 3.08. The highest BCUT2D eigenvalue weighted by Crippen LogP contribution is 2.69. The molecule has 0 heterocycles. The van der Waals surface area contributed by atoms with E-state index in [9.17, 15) is 9.13 Å². The average Bonchev–Trinajstić information content (AvgIpc) is 2.59. The molecule has 1 rings (SSSR count). The van der Waals surface area contributed by atoms with Gasteiger partial charge in [-0.25, -0.2) is 0 Å². The Morgan fingerprint density at radius 3 is 1.81 bits per heavy atom. The minimum atomic E-state index is -3.77. The Labute approximate surface area is 176 Å². The Morgan fingerprint density at radius 1 is 0.926 bits per heavy atom. The highest BCUT2D eigenvalue weighted by molar-refractivity contribution is 14.1. The van der Waals surface area contributed by atoms with E-state index in [0.29, 0.717) is 13.0 Å². The van der Waals surface area contributed by atoms with E-state index in [0.717, 1.165) is 9.13 Å². The van der Waals surface area contributed by atoms with Crippen LogP contribution in [0.15, 0.2) is 24.3 Å². The van der Waals surface area contributed by atoms with Gasteiger partial charge in [-0.1, -0.05) is 12.1 Å². The molecule has 0 radical (unpaired) electrons. The van der Waals surface area contributed by atoms with Crippen LogP contribution in [0, 0.1) is 3.57 Å². The molecule has 0 atom stereocenters. The van der Waals surface area contributed by atoms with Crippen LogP contribution in [0.25, 0.3) is 0 Å². The molecule has 0 aliphatic rings. The number of nitrogens with one attached hydrogen (secondary N) is 1. The number of hydrogen-bond acceptors (Lipinski definition) is 7. The van der Waals surface area contributed by atoms with Gasteiger partial charge in [0.1, 0.15) is 0 Å². The van der Waals surface area contributed by atoms with Gasteiger partial charge in [-0.15, -0.1) is 0 Å². The zero-order valence-corrected chi connectivity index (χ0v) is 20.3. The lowest BCUT2D eigenvalue weighted by Crippen LogP contribution is -2.34. The van der Waals surface area contributed by atoms with E-state index >= 15 is 0 Å². The third-order valence-corrected chi connectivity index (χ3v) is 9.87. The first-order valence-corrected chi connectivity index (χ1v) is 13.4. The molecule has 27 heavy (non-hydrogen) atoms. The van der Waals surface area contributed by atoms with Crippen molar-refractivity contribution in [3.8, 4) is 0 Å². The smallest absolute Gasteiger partial charge is 0.307 e. The van der Waals surface area contributed by atoms with E-state index in [1.807, 2.05) is 18.2 Å². The van der Waals surface area contributed by atoms with E-state index in [-0.39, 0.29) is 26.4 Å². The largest absolute Gasteiger partial charge is 0.359 e. The summed E-state index contributed by atoms with van der Waals surface area (Å²) in [6.07, 6.45) is 0.657. The maximum Gasteiger partial charge on any atom is 0.359 e.